The van der Waals surface area contributed by atoms with Gasteiger partial charge >= 0.3 is 6.03 Å². The van der Waals surface area contributed by atoms with Crippen LogP contribution in [0.5, 0.6) is 0 Å². The second-order valence-corrected chi connectivity index (χ2v) is 8.00. The van der Waals surface area contributed by atoms with Crippen molar-refractivity contribution in [3.63, 3.8) is 0 Å². The minimum absolute atomic E-state index is 0.234. The molecular weight excluding hydrogens is 350 g/mol. The molecule has 2 amide bonds. The molecule has 1 heterocycles. The average molecular weight is 372 g/mol. The SMILES string of the molecule is CC1=C(C)C(Sc2ccccc2CNC(=O)Nc2nccs2)CC=C1. The van der Waals surface area contributed by atoms with Crippen molar-refractivity contribution in [1.29, 1.82) is 0 Å². The first kappa shape index (κ1) is 17.8. The van der Waals surface area contributed by atoms with Gasteiger partial charge in [-0.15, -0.1) is 23.1 Å². The number of nitrogens with zero attached hydrogens (tertiary/aromatic N) is 1. The van der Waals surface area contributed by atoms with Crippen LogP contribution in [-0.2, 0) is 6.54 Å². The Morgan fingerprint density at radius 2 is 2.20 bits per heavy atom. The maximum atomic E-state index is 12.0. The van der Waals surface area contributed by atoms with Crippen LogP contribution in [0.4, 0.5) is 9.93 Å². The molecule has 1 unspecified atom stereocenters. The summed E-state index contributed by atoms with van der Waals surface area (Å²) < 4.78 is 0. The van der Waals surface area contributed by atoms with Gasteiger partial charge in [0.15, 0.2) is 5.13 Å². The second kappa shape index (κ2) is 8.36. The third kappa shape index (κ3) is 4.74. The number of hydrogen-bond acceptors (Lipinski definition) is 4. The summed E-state index contributed by atoms with van der Waals surface area (Å²) in [5, 5.41) is 8.54. The van der Waals surface area contributed by atoms with Crippen molar-refractivity contribution in [2.24, 2.45) is 0 Å². The number of anilines is 1. The van der Waals surface area contributed by atoms with Crippen LogP contribution in [0.3, 0.4) is 0 Å². The normalized spacial score (nSPS) is 16.8. The molecule has 1 aliphatic carbocycles. The number of rotatable bonds is 5. The standard InChI is InChI=1S/C19H21N3OS2/c1-13-6-5-9-16(14(13)2)25-17-8-4-3-7-15(17)12-21-18(23)22-19-20-10-11-24-19/h3-8,10-11,16H,9,12H2,1-2H3,(H2,20,21,22,23). The number of benzene rings is 1. The molecule has 3 rings (SSSR count). The fourth-order valence-corrected chi connectivity index (χ4v) is 4.44. The zero-order chi connectivity index (χ0) is 17.6. The van der Waals surface area contributed by atoms with Gasteiger partial charge in [0.05, 0.1) is 0 Å². The molecule has 1 aliphatic rings. The molecule has 1 aromatic carbocycles. The van der Waals surface area contributed by atoms with E-state index in [0.29, 0.717) is 16.9 Å². The summed E-state index contributed by atoms with van der Waals surface area (Å²) in [6, 6.07) is 8.01. The van der Waals surface area contributed by atoms with Gasteiger partial charge in [0.2, 0.25) is 0 Å². The van der Waals surface area contributed by atoms with E-state index in [4.69, 9.17) is 0 Å². The van der Waals surface area contributed by atoms with Crippen LogP contribution in [0.15, 0.2) is 64.0 Å². The third-order valence-electron chi connectivity index (χ3n) is 4.16. The Labute approximate surface area is 156 Å². The van der Waals surface area contributed by atoms with Crippen molar-refractivity contribution in [2.75, 3.05) is 5.32 Å². The fourth-order valence-electron chi connectivity index (χ4n) is 2.59. The molecule has 0 radical (unpaired) electrons. The van der Waals surface area contributed by atoms with Gasteiger partial charge in [0, 0.05) is 28.3 Å². The Bertz CT molecular complexity index is 797. The van der Waals surface area contributed by atoms with Crippen LogP contribution in [-0.4, -0.2) is 16.3 Å². The highest BCUT2D eigenvalue weighted by molar-refractivity contribution is 8.00. The van der Waals surface area contributed by atoms with E-state index in [-0.39, 0.29) is 6.03 Å². The number of aromatic nitrogens is 1. The van der Waals surface area contributed by atoms with Gasteiger partial charge in [-0.05, 0) is 31.9 Å². The summed E-state index contributed by atoms with van der Waals surface area (Å²) in [4.78, 5) is 17.3. The van der Waals surface area contributed by atoms with Crippen LogP contribution in [0.25, 0.3) is 0 Å². The predicted octanol–water partition coefficient (Wildman–Crippen LogP) is 5.22. The molecule has 0 bridgehead atoms. The summed E-state index contributed by atoms with van der Waals surface area (Å²) in [6.45, 7) is 4.86. The smallest absolute Gasteiger partial charge is 0.321 e. The van der Waals surface area contributed by atoms with Crippen LogP contribution in [0, 0.1) is 0 Å². The van der Waals surface area contributed by atoms with Crippen molar-refractivity contribution in [1.82, 2.24) is 10.3 Å². The quantitative estimate of drug-likeness (QED) is 0.757. The lowest BCUT2D eigenvalue weighted by molar-refractivity contribution is 0.251. The van der Waals surface area contributed by atoms with Crippen LogP contribution in [0.1, 0.15) is 25.8 Å². The number of allylic oxidation sites excluding steroid dienone is 3. The maximum absolute atomic E-state index is 12.0. The fraction of sp³-hybridized carbons (Fsp3) is 0.263. The molecule has 2 N–H and O–H groups in total. The minimum atomic E-state index is -0.234. The number of thiazole rings is 1. The molecule has 0 spiro atoms. The number of amides is 2. The van der Waals surface area contributed by atoms with Crippen molar-refractivity contribution >= 4 is 34.3 Å². The lowest BCUT2D eigenvalue weighted by Crippen LogP contribution is -2.28. The highest BCUT2D eigenvalue weighted by Gasteiger charge is 2.17. The Balaban J connectivity index is 1.63. The minimum Gasteiger partial charge on any atom is -0.334 e. The zero-order valence-electron chi connectivity index (χ0n) is 14.3. The van der Waals surface area contributed by atoms with Crippen LogP contribution < -0.4 is 10.6 Å². The maximum Gasteiger partial charge on any atom is 0.321 e. The van der Waals surface area contributed by atoms with Crippen LogP contribution in [0.2, 0.25) is 0 Å². The van der Waals surface area contributed by atoms with E-state index in [0.717, 1.165) is 12.0 Å². The number of carbonyl (C=O) groups excluding carboxylic acids is 1. The van der Waals surface area contributed by atoms with Gasteiger partial charge in [-0.3, -0.25) is 5.32 Å². The van der Waals surface area contributed by atoms with Crippen molar-refractivity contribution in [3.05, 3.63) is 64.7 Å². The van der Waals surface area contributed by atoms with Crippen molar-refractivity contribution < 1.29 is 4.79 Å². The molecule has 130 valence electrons. The summed E-state index contributed by atoms with van der Waals surface area (Å²) in [5.74, 6) is 0. The first-order valence-electron chi connectivity index (χ1n) is 8.16. The molecule has 0 saturated carbocycles. The van der Waals surface area contributed by atoms with E-state index < -0.39 is 0 Å². The number of hydrogen-bond donors (Lipinski definition) is 2. The third-order valence-corrected chi connectivity index (χ3v) is 6.33. The zero-order valence-corrected chi connectivity index (χ0v) is 15.9. The largest absolute Gasteiger partial charge is 0.334 e. The van der Waals surface area contributed by atoms with Gasteiger partial charge in [0.25, 0.3) is 0 Å². The first-order chi connectivity index (χ1) is 12.1. The Hall–Kier alpha value is -2.05. The molecule has 1 aromatic heterocycles. The van der Waals surface area contributed by atoms with E-state index in [1.54, 1.807) is 6.20 Å². The monoisotopic (exact) mass is 371 g/mol. The summed E-state index contributed by atoms with van der Waals surface area (Å²) >= 11 is 3.27. The Kier molecular flexibility index (Phi) is 5.94. The first-order valence-corrected chi connectivity index (χ1v) is 9.92. The Morgan fingerprint density at radius 3 is 3.00 bits per heavy atom. The molecule has 0 aliphatic heterocycles. The van der Waals surface area contributed by atoms with E-state index in [1.165, 1.54) is 27.4 Å². The van der Waals surface area contributed by atoms with Gasteiger partial charge < -0.3 is 5.32 Å². The summed E-state index contributed by atoms with van der Waals surface area (Å²) in [7, 11) is 0. The number of thioether (sulfide) groups is 1. The summed E-state index contributed by atoms with van der Waals surface area (Å²) in [6.07, 6.45) is 7.15. The van der Waals surface area contributed by atoms with Crippen molar-refractivity contribution in [2.45, 2.75) is 37.0 Å². The lowest BCUT2D eigenvalue weighted by atomic mass is 10.00. The Morgan fingerprint density at radius 1 is 1.36 bits per heavy atom. The highest BCUT2D eigenvalue weighted by Crippen LogP contribution is 2.36. The lowest BCUT2D eigenvalue weighted by Gasteiger charge is -2.22. The molecule has 2 aromatic rings. The predicted molar refractivity (Wildman–Crippen MR) is 106 cm³/mol. The number of nitrogens with one attached hydrogen (secondary N) is 2. The highest BCUT2D eigenvalue weighted by atomic mass is 32.2. The number of carbonyl (C=O) groups is 1. The molecule has 4 nitrogen and oxygen atoms in total. The molecule has 6 heteroatoms. The molecular formula is C19H21N3OS2. The number of urea groups is 1. The van der Waals surface area contributed by atoms with E-state index >= 15 is 0 Å². The molecule has 0 fully saturated rings. The average Bonchev–Trinajstić information content (AvgIpc) is 3.11. The summed E-state index contributed by atoms with van der Waals surface area (Å²) in [5.41, 5.74) is 3.90. The van der Waals surface area contributed by atoms with Gasteiger partial charge in [0.1, 0.15) is 0 Å². The van der Waals surface area contributed by atoms with Gasteiger partial charge in [-0.2, -0.15) is 0 Å². The van der Waals surface area contributed by atoms with E-state index in [2.05, 4.69) is 53.7 Å². The topological polar surface area (TPSA) is 54.0 Å². The van der Waals surface area contributed by atoms with Gasteiger partial charge in [-0.25, -0.2) is 9.78 Å². The second-order valence-electron chi connectivity index (χ2n) is 5.86. The van der Waals surface area contributed by atoms with Gasteiger partial charge in [-0.1, -0.05) is 41.5 Å². The molecule has 0 saturated heterocycles. The van der Waals surface area contributed by atoms with Crippen molar-refractivity contribution in [3.8, 4) is 0 Å². The van der Waals surface area contributed by atoms with E-state index in [1.807, 2.05) is 29.3 Å². The van der Waals surface area contributed by atoms with Crippen LogP contribution >= 0.6 is 23.1 Å². The molecule has 1 atom stereocenters. The van der Waals surface area contributed by atoms with E-state index in [9.17, 15) is 4.79 Å². The molecule has 25 heavy (non-hydrogen) atoms.